The second-order valence-electron chi connectivity index (χ2n) is 5.06. The van der Waals surface area contributed by atoms with Gasteiger partial charge >= 0.3 is 7.69 Å². The minimum absolute atomic E-state index is 0.222. The van der Waals surface area contributed by atoms with Crippen LogP contribution in [0.1, 0.15) is 0 Å². The Morgan fingerprint density at radius 2 is 1.12 bits per heavy atom. The van der Waals surface area contributed by atoms with Gasteiger partial charge < -0.3 is 9.31 Å². The van der Waals surface area contributed by atoms with Crippen molar-refractivity contribution in [2.24, 2.45) is 0 Å². The normalized spacial score (nSPS) is 11.8. The molecule has 2 aromatic rings. The van der Waals surface area contributed by atoms with E-state index < -0.39 is 31.3 Å². The molecule has 0 amide bonds. The first-order valence-corrected chi connectivity index (χ1v) is 10.4. The quantitative estimate of drug-likeness (QED) is 0.700. The van der Waals surface area contributed by atoms with E-state index >= 15 is 0 Å². The van der Waals surface area contributed by atoms with E-state index in [4.69, 9.17) is 9.31 Å². The van der Waals surface area contributed by atoms with E-state index in [0.717, 1.165) is 48.9 Å². The van der Waals surface area contributed by atoms with Crippen molar-refractivity contribution in [1.29, 1.82) is 0 Å². The number of benzene rings is 2. The van der Waals surface area contributed by atoms with E-state index in [0.29, 0.717) is 7.69 Å². The molecule has 0 saturated carbocycles. The maximum absolute atomic E-state index is 13.8. The van der Waals surface area contributed by atoms with Crippen molar-refractivity contribution in [3.63, 3.8) is 0 Å². The number of sulfone groups is 2. The average Bonchev–Trinajstić information content (AvgIpc) is 2.48. The molecule has 6 nitrogen and oxygen atoms in total. The molecule has 1 radical (unpaired) electrons. The van der Waals surface area contributed by atoms with Crippen LogP contribution in [0.4, 0.5) is 8.78 Å². The third-order valence-electron chi connectivity index (χ3n) is 3.01. The van der Waals surface area contributed by atoms with Crippen molar-refractivity contribution in [1.82, 2.24) is 0 Å². The highest BCUT2D eigenvalue weighted by Crippen LogP contribution is 2.23. The zero-order valence-electron chi connectivity index (χ0n) is 13.1. The molecular formula is C14H12BF2O6S2. The number of hydrogen-bond donors (Lipinski definition) is 0. The van der Waals surface area contributed by atoms with Gasteiger partial charge in [-0.25, -0.2) is 25.6 Å². The van der Waals surface area contributed by atoms with Crippen LogP contribution in [0.25, 0.3) is 0 Å². The van der Waals surface area contributed by atoms with Crippen molar-refractivity contribution in [3.05, 3.63) is 48.0 Å². The van der Waals surface area contributed by atoms with E-state index in [2.05, 4.69) is 0 Å². The van der Waals surface area contributed by atoms with Crippen LogP contribution in [-0.2, 0) is 19.7 Å². The summed E-state index contributed by atoms with van der Waals surface area (Å²) in [5, 5.41) is 0. The van der Waals surface area contributed by atoms with Crippen LogP contribution in [0.2, 0.25) is 0 Å². The molecule has 0 unspecified atom stereocenters. The topological polar surface area (TPSA) is 86.7 Å². The van der Waals surface area contributed by atoms with Crippen molar-refractivity contribution in [2.75, 3.05) is 12.5 Å². The molecule has 0 aliphatic carbocycles. The van der Waals surface area contributed by atoms with Gasteiger partial charge in [0.05, 0.1) is 9.79 Å². The fourth-order valence-corrected chi connectivity index (χ4v) is 3.01. The smallest absolute Gasteiger partial charge is 0.524 e. The van der Waals surface area contributed by atoms with Crippen LogP contribution < -0.4 is 9.31 Å². The average molecular weight is 389 g/mol. The van der Waals surface area contributed by atoms with E-state index in [1.54, 1.807) is 0 Å². The molecule has 0 fully saturated rings. The van der Waals surface area contributed by atoms with Crippen molar-refractivity contribution in [2.45, 2.75) is 9.79 Å². The number of halogens is 2. The summed E-state index contributed by atoms with van der Waals surface area (Å²) >= 11 is 0. The van der Waals surface area contributed by atoms with Gasteiger partial charge in [0.1, 0.15) is 11.5 Å². The standard InChI is InChI=1S/C14H12BF2O6S2/c1-24(18,19)9-3-5-13(11(16)7-9)22-15-23-14-6-4-10(8-12(14)17)25(2,20)21/h3-8H,1-2H3. The highest BCUT2D eigenvalue weighted by Gasteiger charge is 2.15. The third kappa shape index (κ3) is 4.92. The van der Waals surface area contributed by atoms with Crippen LogP contribution in [-0.4, -0.2) is 37.0 Å². The first-order valence-electron chi connectivity index (χ1n) is 6.63. The van der Waals surface area contributed by atoms with Gasteiger partial charge in [-0.1, -0.05) is 0 Å². The number of hydrogen-bond acceptors (Lipinski definition) is 6. The molecule has 2 aromatic carbocycles. The Labute approximate surface area is 144 Å². The predicted molar refractivity (Wildman–Crippen MR) is 86.0 cm³/mol. The maximum Gasteiger partial charge on any atom is 0.658 e. The van der Waals surface area contributed by atoms with Gasteiger partial charge in [-0.2, -0.15) is 0 Å². The fourth-order valence-electron chi connectivity index (χ4n) is 1.74. The summed E-state index contributed by atoms with van der Waals surface area (Å²) in [6.45, 7) is 0. The summed E-state index contributed by atoms with van der Waals surface area (Å²) in [5.41, 5.74) is 0. The molecule has 0 atom stereocenters. The van der Waals surface area contributed by atoms with Gasteiger partial charge in [0.15, 0.2) is 31.3 Å². The monoisotopic (exact) mass is 389 g/mol. The zero-order valence-corrected chi connectivity index (χ0v) is 14.7. The molecule has 0 aliphatic heterocycles. The SMILES string of the molecule is CS(=O)(=O)c1ccc(O[B]Oc2ccc(S(C)(=O)=O)cc2F)c(F)c1. The largest absolute Gasteiger partial charge is 0.658 e. The van der Waals surface area contributed by atoms with Crippen molar-refractivity contribution in [3.8, 4) is 11.5 Å². The third-order valence-corrected chi connectivity index (χ3v) is 5.23. The summed E-state index contributed by atoms with van der Waals surface area (Å²) in [7, 11) is -6.49. The molecule has 0 aromatic heterocycles. The molecule has 2 rings (SSSR count). The van der Waals surface area contributed by atoms with Crippen LogP contribution in [0.5, 0.6) is 11.5 Å². The molecule has 0 saturated heterocycles. The molecule has 0 aliphatic rings. The Hall–Kier alpha value is -2.14. The number of rotatable bonds is 6. The second kappa shape index (κ2) is 7.00. The second-order valence-corrected chi connectivity index (χ2v) is 9.09. The molecule has 0 heterocycles. The minimum atomic E-state index is -3.56. The minimum Gasteiger partial charge on any atom is -0.524 e. The molecule has 0 spiro atoms. The summed E-state index contributed by atoms with van der Waals surface area (Å²) in [4.78, 5) is -0.443. The summed E-state index contributed by atoms with van der Waals surface area (Å²) in [6.07, 6.45) is 1.86. The van der Waals surface area contributed by atoms with Crippen LogP contribution in [0.15, 0.2) is 46.2 Å². The molecule has 0 N–H and O–H groups in total. The Balaban J connectivity index is 2.06. The summed E-state index contributed by atoms with van der Waals surface area (Å²) in [5.74, 6) is -2.56. The highest BCUT2D eigenvalue weighted by atomic mass is 32.2. The van der Waals surface area contributed by atoms with Crippen molar-refractivity contribution < 1.29 is 34.9 Å². The Morgan fingerprint density at radius 1 is 0.760 bits per heavy atom. The van der Waals surface area contributed by atoms with Gasteiger partial charge in [0.2, 0.25) is 0 Å². The van der Waals surface area contributed by atoms with Gasteiger partial charge in [-0.05, 0) is 36.4 Å². The van der Waals surface area contributed by atoms with E-state index in [1.807, 2.05) is 0 Å². The lowest BCUT2D eigenvalue weighted by atomic mass is 10.3. The highest BCUT2D eigenvalue weighted by molar-refractivity contribution is 7.91. The van der Waals surface area contributed by atoms with Crippen LogP contribution in [0, 0.1) is 11.6 Å². The Morgan fingerprint density at radius 3 is 1.40 bits per heavy atom. The van der Waals surface area contributed by atoms with Crippen LogP contribution >= 0.6 is 0 Å². The first kappa shape index (κ1) is 19.2. The van der Waals surface area contributed by atoms with E-state index in [1.165, 1.54) is 0 Å². The zero-order chi connectivity index (χ0) is 18.8. The molecule has 11 heteroatoms. The lowest BCUT2D eigenvalue weighted by Crippen LogP contribution is -2.13. The predicted octanol–water partition coefficient (Wildman–Crippen LogP) is 1.76. The summed E-state index contributed by atoms with van der Waals surface area (Å²) in [6, 6.07) is 6.00. The summed E-state index contributed by atoms with van der Waals surface area (Å²) < 4.78 is 82.5. The molecule has 0 bridgehead atoms. The first-order chi connectivity index (χ1) is 11.5. The Bertz CT molecular complexity index is 924. The van der Waals surface area contributed by atoms with Gasteiger partial charge in [-0.3, -0.25) is 0 Å². The van der Waals surface area contributed by atoms with Crippen LogP contribution in [0.3, 0.4) is 0 Å². The lowest BCUT2D eigenvalue weighted by molar-refractivity contribution is 0.420. The van der Waals surface area contributed by atoms with Gasteiger partial charge in [-0.15, -0.1) is 0 Å². The molecule has 133 valence electrons. The van der Waals surface area contributed by atoms with E-state index in [9.17, 15) is 25.6 Å². The molecular weight excluding hydrogens is 377 g/mol. The maximum atomic E-state index is 13.8. The lowest BCUT2D eigenvalue weighted by Gasteiger charge is -2.09. The van der Waals surface area contributed by atoms with Crippen molar-refractivity contribution >= 4 is 27.4 Å². The fraction of sp³-hybridized carbons (Fsp3) is 0.143. The Kier molecular flexibility index (Phi) is 5.38. The van der Waals surface area contributed by atoms with Gasteiger partial charge in [0, 0.05) is 12.5 Å². The molecule has 25 heavy (non-hydrogen) atoms. The van der Waals surface area contributed by atoms with Gasteiger partial charge in [0.25, 0.3) is 0 Å². The van der Waals surface area contributed by atoms with E-state index in [-0.39, 0.29) is 21.3 Å².